The summed E-state index contributed by atoms with van der Waals surface area (Å²) in [6.07, 6.45) is 0.757. The number of anilines is 1. The van der Waals surface area contributed by atoms with Gasteiger partial charge in [-0.25, -0.2) is 13.4 Å². The Bertz CT molecular complexity index is 558. The van der Waals surface area contributed by atoms with Gasteiger partial charge in [-0.2, -0.15) is 4.31 Å². The molecule has 1 aliphatic rings. The molecule has 0 spiro atoms. The molecule has 0 radical (unpaired) electrons. The Kier molecular flexibility index (Phi) is 4.97. The van der Waals surface area contributed by atoms with Crippen molar-refractivity contribution in [2.75, 3.05) is 45.1 Å². The predicted octanol–water partition coefficient (Wildman–Crippen LogP) is -0.278. The van der Waals surface area contributed by atoms with Crippen LogP contribution in [-0.4, -0.2) is 67.0 Å². The predicted molar refractivity (Wildman–Crippen MR) is 78.2 cm³/mol. The van der Waals surface area contributed by atoms with Gasteiger partial charge in [0, 0.05) is 26.2 Å². The summed E-state index contributed by atoms with van der Waals surface area (Å²) >= 11 is 1.02. The number of nitrogen functional groups attached to an aromatic ring is 1. The molecule has 3 N–H and O–H groups in total. The normalized spacial score (nSPS) is 19.1. The second kappa shape index (κ2) is 6.35. The molecule has 1 saturated heterocycles. The van der Waals surface area contributed by atoms with Crippen molar-refractivity contribution in [1.82, 2.24) is 14.2 Å². The molecule has 0 unspecified atom stereocenters. The lowest BCUT2D eigenvalue weighted by Gasteiger charge is -2.20. The summed E-state index contributed by atoms with van der Waals surface area (Å²) in [5.74, 6) is 0. The van der Waals surface area contributed by atoms with E-state index in [0.29, 0.717) is 31.9 Å². The van der Waals surface area contributed by atoms with Crippen molar-refractivity contribution in [3.05, 3.63) is 5.69 Å². The van der Waals surface area contributed by atoms with Crippen LogP contribution >= 0.6 is 11.3 Å². The lowest BCUT2D eigenvalue weighted by molar-refractivity contribution is 0.202. The van der Waals surface area contributed by atoms with Gasteiger partial charge in [-0.05, 0) is 19.9 Å². The fraction of sp³-hybridized carbons (Fsp3) is 0.727. The Morgan fingerprint density at radius 3 is 2.70 bits per heavy atom. The summed E-state index contributed by atoms with van der Waals surface area (Å²) in [6, 6.07) is 0. The molecule has 2 heterocycles. The number of thiazole rings is 1. The van der Waals surface area contributed by atoms with E-state index in [1.54, 1.807) is 6.92 Å². The third-order valence-electron chi connectivity index (χ3n) is 3.31. The summed E-state index contributed by atoms with van der Waals surface area (Å²) < 4.78 is 27.0. The van der Waals surface area contributed by atoms with E-state index in [9.17, 15) is 8.42 Å². The van der Waals surface area contributed by atoms with Crippen LogP contribution in [0.1, 0.15) is 12.1 Å². The van der Waals surface area contributed by atoms with Crippen molar-refractivity contribution < 1.29 is 13.5 Å². The van der Waals surface area contributed by atoms with Crippen LogP contribution in [-0.2, 0) is 10.0 Å². The highest BCUT2D eigenvalue weighted by Crippen LogP contribution is 2.28. The van der Waals surface area contributed by atoms with Crippen LogP contribution in [0.4, 0.5) is 5.13 Å². The summed E-state index contributed by atoms with van der Waals surface area (Å²) in [5.41, 5.74) is 6.05. The number of nitrogens with zero attached hydrogens (tertiary/aromatic N) is 3. The molecule has 0 aliphatic carbocycles. The van der Waals surface area contributed by atoms with Gasteiger partial charge in [-0.1, -0.05) is 11.3 Å². The fourth-order valence-corrected chi connectivity index (χ4v) is 5.22. The number of hydrogen-bond acceptors (Lipinski definition) is 7. The monoisotopic (exact) mass is 320 g/mol. The Balaban J connectivity index is 2.16. The van der Waals surface area contributed by atoms with Crippen LogP contribution < -0.4 is 5.73 Å². The minimum atomic E-state index is -3.51. The van der Waals surface area contributed by atoms with Crippen LogP contribution in [0.3, 0.4) is 0 Å². The van der Waals surface area contributed by atoms with Crippen LogP contribution in [0.2, 0.25) is 0 Å². The molecule has 1 aliphatic heterocycles. The maximum absolute atomic E-state index is 12.6. The minimum Gasteiger partial charge on any atom is -0.395 e. The number of aromatic nitrogens is 1. The Morgan fingerprint density at radius 2 is 2.10 bits per heavy atom. The van der Waals surface area contributed by atoms with Gasteiger partial charge >= 0.3 is 0 Å². The van der Waals surface area contributed by atoms with Crippen molar-refractivity contribution in [1.29, 1.82) is 0 Å². The molecule has 2 rings (SSSR count). The topological polar surface area (TPSA) is 99.8 Å². The summed E-state index contributed by atoms with van der Waals surface area (Å²) in [4.78, 5) is 6.06. The number of aryl methyl sites for hydroxylation is 1. The first-order valence-electron chi connectivity index (χ1n) is 6.51. The Labute approximate surface area is 123 Å². The van der Waals surface area contributed by atoms with Crippen molar-refractivity contribution in [2.24, 2.45) is 0 Å². The zero-order valence-electron chi connectivity index (χ0n) is 11.4. The third-order valence-corrected chi connectivity index (χ3v) is 6.78. The highest BCUT2D eigenvalue weighted by molar-refractivity contribution is 7.91. The zero-order valence-corrected chi connectivity index (χ0v) is 13.1. The van der Waals surface area contributed by atoms with Gasteiger partial charge in [-0.3, -0.25) is 4.90 Å². The molecule has 0 atom stereocenters. The fourth-order valence-electron chi connectivity index (χ4n) is 2.31. The zero-order chi connectivity index (χ0) is 14.8. The van der Waals surface area contributed by atoms with Crippen molar-refractivity contribution >= 4 is 26.5 Å². The van der Waals surface area contributed by atoms with E-state index in [1.165, 1.54) is 4.31 Å². The smallest absolute Gasteiger partial charge is 0.254 e. The molecule has 1 fully saturated rings. The first kappa shape index (κ1) is 15.6. The van der Waals surface area contributed by atoms with Crippen LogP contribution in [0.5, 0.6) is 0 Å². The maximum atomic E-state index is 12.6. The van der Waals surface area contributed by atoms with E-state index in [-0.39, 0.29) is 15.9 Å². The molecule has 114 valence electrons. The summed E-state index contributed by atoms with van der Waals surface area (Å²) in [5, 5.41) is 9.24. The quantitative estimate of drug-likeness (QED) is 0.792. The molecule has 0 saturated carbocycles. The molecular formula is C11H20N4O3S2. The van der Waals surface area contributed by atoms with E-state index in [2.05, 4.69) is 9.88 Å². The Hall–Kier alpha value is -0.740. The van der Waals surface area contributed by atoms with E-state index in [0.717, 1.165) is 24.3 Å². The summed E-state index contributed by atoms with van der Waals surface area (Å²) in [6.45, 7) is 4.69. The molecule has 1 aromatic rings. The highest BCUT2D eigenvalue weighted by atomic mass is 32.2. The van der Waals surface area contributed by atoms with Gasteiger partial charge in [0.15, 0.2) is 9.34 Å². The second-order valence-electron chi connectivity index (χ2n) is 4.75. The number of hydrogen-bond donors (Lipinski definition) is 2. The molecule has 20 heavy (non-hydrogen) atoms. The number of rotatable bonds is 4. The van der Waals surface area contributed by atoms with Gasteiger partial charge in [0.25, 0.3) is 10.0 Å². The van der Waals surface area contributed by atoms with Gasteiger partial charge < -0.3 is 10.8 Å². The van der Waals surface area contributed by atoms with Gasteiger partial charge in [0.1, 0.15) is 0 Å². The summed E-state index contributed by atoms with van der Waals surface area (Å²) in [7, 11) is -3.51. The number of β-amino-alcohol motifs (C(OH)–C–C–N with tert-alkyl or cyclic N) is 1. The number of aliphatic hydroxyl groups is 1. The first-order valence-corrected chi connectivity index (χ1v) is 8.77. The third kappa shape index (κ3) is 3.29. The van der Waals surface area contributed by atoms with E-state index >= 15 is 0 Å². The van der Waals surface area contributed by atoms with E-state index in [1.807, 2.05) is 0 Å². The van der Waals surface area contributed by atoms with E-state index < -0.39 is 10.0 Å². The highest BCUT2D eigenvalue weighted by Gasteiger charge is 2.30. The van der Waals surface area contributed by atoms with E-state index in [4.69, 9.17) is 10.8 Å². The van der Waals surface area contributed by atoms with Crippen LogP contribution in [0.25, 0.3) is 0 Å². The van der Waals surface area contributed by atoms with Gasteiger partial charge in [-0.15, -0.1) is 0 Å². The first-order chi connectivity index (χ1) is 9.45. The van der Waals surface area contributed by atoms with Crippen LogP contribution in [0, 0.1) is 6.92 Å². The van der Waals surface area contributed by atoms with Crippen molar-refractivity contribution in [3.63, 3.8) is 0 Å². The average molecular weight is 320 g/mol. The number of aliphatic hydroxyl groups excluding tert-OH is 1. The number of nitrogens with two attached hydrogens (primary N) is 1. The molecular weight excluding hydrogens is 300 g/mol. The lowest BCUT2D eigenvalue weighted by atomic mass is 10.4. The van der Waals surface area contributed by atoms with Gasteiger partial charge in [0.05, 0.1) is 12.3 Å². The second-order valence-corrected chi connectivity index (χ2v) is 7.91. The van der Waals surface area contributed by atoms with Crippen LogP contribution in [0.15, 0.2) is 4.21 Å². The molecule has 7 nitrogen and oxygen atoms in total. The SMILES string of the molecule is Cc1nc(N)sc1S(=O)(=O)N1CCCN(CCO)CC1. The standard InChI is InChI=1S/C11H20N4O3S2/c1-9-10(19-11(12)13-9)20(17,18)15-4-2-3-14(5-6-15)7-8-16/h16H,2-8H2,1H3,(H2,12,13). The largest absolute Gasteiger partial charge is 0.395 e. The minimum absolute atomic E-state index is 0.0945. The lowest BCUT2D eigenvalue weighted by Crippen LogP contribution is -2.35. The average Bonchev–Trinajstić information content (AvgIpc) is 2.61. The van der Waals surface area contributed by atoms with Gasteiger partial charge in [0.2, 0.25) is 0 Å². The molecule has 1 aromatic heterocycles. The Morgan fingerprint density at radius 1 is 1.35 bits per heavy atom. The molecule has 0 aromatic carbocycles. The van der Waals surface area contributed by atoms with Crippen molar-refractivity contribution in [2.45, 2.75) is 17.6 Å². The van der Waals surface area contributed by atoms with Crippen molar-refractivity contribution in [3.8, 4) is 0 Å². The number of sulfonamides is 1. The molecule has 0 amide bonds. The molecule has 0 bridgehead atoms. The maximum Gasteiger partial charge on any atom is 0.254 e. The molecule has 9 heteroatoms.